The van der Waals surface area contributed by atoms with Gasteiger partial charge < -0.3 is 10.6 Å². The molecule has 2 N–H and O–H groups in total. The average molecular weight is 212 g/mol. The lowest BCUT2D eigenvalue weighted by molar-refractivity contribution is -0.137. The van der Waals surface area contributed by atoms with Gasteiger partial charge in [0.05, 0.1) is 5.92 Å². The van der Waals surface area contributed by atoms with Crippen molar-refractivity contribution in [3.8, 4) is 0 Å². The third-order valence-electron chi connectivity index (χ3n) is 3.26. The number of nitrogens with two attached hydrogens (primary N) is 1. The summed E-state index contributed by atoms with van der Waals surface area (Å²) in [6.45, 7) is 7.12. The van der Waals surface area contributed by atoms with Gasteiger partial charge in [-0.1, -0.05) is 13.3 Å². The Hall–Kier alpha value is -0.570. The molecule has 0 radical (unpaired) electrons. The molecule has 0 bridgehead atoms. The van der Waals surface area contributed by atoms with Crippen LogP contribution in [0.2, 0.25) is 0 Å². The van der Waals surface area contributed by atoms with Crippen molar-refractivity contribution in [2.45, 2.75) is 58.5 Å². The van der Waals surface area contributed by atoms with E-state index < -0.39 is 0 Å². The van der Waals surface area contributed by atoms with Crippen molar-refractivity contribution < 1.29 is 4.79 Å². The van der Waals surface area contributed by atoms with Crippen LogP contribution in [0.1, 0.15) is 46.5 Å². The highest BCUT2D eigenvalue weighted by Gasteiger charge is 2.33. The lowest BCUT2D eigenvalue weighted by Gasteiger charge is -2.30. The Morgan fingerprint density at radius 3 is 2.53 bits per heavy atom. The van der Waals surface area contributed by atoms with Crippen LogP contribution in [0.4, 0.5) is 0 Å². The van der Waals surface area contributed by atoms with Gasteiger partial charge >= 0.3 is 0 Å². The van der Waals surface area contributed by atoms with E-state index in [-0.39, 0.29) is 17.9 Å². The molecular formula is C12H24N2O. The molecule has 0 spiro atoms. The maximum Gasteiger partial charge on any atom is 0.227 e. The Balaban J connectivity index is 2.62. The SMILES string of the molecule is CCCN(C(=O)C1CCCC1N)C(C)C. The van der Waals surface area contributed by atoms with Gasteiger partial charge in [-0.2, -0.15) is 0 Å². The molecule has 2 atom stereocenters. The Labute approximate surface area is 93.0 Å². The van der Waals surface area contributed by atoms with Gasteiger partial charge in [0.15, 0.2) is 0 Å². The van der Waals surface area contributed by atoms with E-state index in [4.69, 9.17) is 5.73 Å². The van der Waals surface area contributed by atoms with Gasteiger partial charge in [0.1, 0.15) is 0 Å². The maximum absolute atomic E-state index is 12.2. The number of nitrogens with zero attached hydrogens (tertiary/aromatic N) is 1. The minimum Gasteiger partial charge on any atom is -0.340 e. The molecule has 2 unspecified atom stereocenters. The average Bonchev–Trinajstić information content (AvgIpc) is 2.59. The summed E-state index contributed by atoms with van der Waals surface area (Å²) in [5.41, 5.74) is 5.97. The van der Waals surface area contributed by atoms with Crippen molar-refractivity contribution in [2.24, 2.45) is 11.7 Å². The van der Waals surface area contributed by atoms with E-state index in [9.17, 15) is 4.79 Å². The van der Waals surface area contributed by atoms with Crippen LogP contribution in [-0.2, 0) is 4.79 Å². The van der Waals surface area contributed by atoms with E-state index in [1.54, 1.807) is 0 Å². The van der Waals surface area contributed by atoms with Gasteiger partial charge in [-0.25, -0.2) is 0 Å². The fourth-order valence-corrected chi connectivity index (χ4v) is 2.37. The maximum atomic E-state index is 12.2. The molecule has 0 aliphatic heterocycles. The van der Waals surface area contributed by atoms with Gasteiger partial charge in [-0.15, -0.1) is 0 Å². The molecule has 0 aromatic heterocycles. The molecule has 1 rings (SSSR count). The summed E-state index contributed by atoms with van der Waals surface area (Å²) in [5, 5.41) is 0. The van der Waals surface area contributed by atoms with E-state index >= 15 is 0 Å². The van der Waals surface area contributed by atoms with Gasteiger partial charge in [-0.05, 0) is 33.1 Å². The first-order chi connectivity index (χ1) is 7.07. The standard InChI is InChI=1S/C12H24N2O/c1-4-8-14(9(2)3)12(15)10-6-5-7-11(10)13/h9-11H,4-8,13H2,1-3H3. The number of rotatable bonds is 4. The fraction of sp³-hybridized carbons (Fsp3) is 0.917. The number of hydrogen-bond acceptors (Lipinski definition) is 2. The van der Waals surface area contributed by atoms with E-state index in [1.807, 2.05) is 4.90 Å². The predicted octanol–water partition coefficient (Wildman–Crippen LogP) is 1.76. The molecule has 1 aliphatic rings. The summed E-state index contributed by atoms with van der Waals surface area (Å²) >= 11 is 0. The number of amides is 1. The quantitative estimate of drug-likeness (QED) is 0.772. The van der Waals surface area contributed by atoms with Gasteiger partial charge in [0.25, 0.3) is 0 Å². The number of hydrogen-bond donors (Lipinski definition) is 1. The number of carbonyl (C=O) groups excluding carboxylic acids is 1. The van der Waals surface area contributed by atoms with Gasteiger partial charge in [0, 0.05) is 18.6 Å². The molecule has 1 amide bonds. The lowest BCUT2D eigenvalue weighted by atomic mass is 10.0. The predicted molar refractivity (Wildman–Crippen MR) is 62.5 cm³/mol. The monoisotopic (exact) mass is 212 g/mol. The molecule has 3 nitrogen and oxygen atoms in total. The molecule has 1 aliphatic carbocycles. The summed E-state index contributed by atoms with van der Waals surface area (Å²) in [7, 11) is 0. The summed E-state index contributed by atoms with van der Waals surface area (Å²) in [5.74, 6) is 0.357. The zero-order chi connectivity index (χ0) is 11.4. The first kappa shape index (κ1) is 12.5. The molecule has 15 heavy (non-hydrogen) atoms. The van der Waals surface area contributed by atoms with Crippen molar-refractivity contribution in [2.75, 3.05) is 6.54 Å². The molecular weight excluding hydrogens is 188 g/mol. The van der Waals surface area contributed by atoms with Crippen LogP contribution in [0.25, 0.3) is 0 Å². The van der Waals surface area contributed by atoms with Crippen molar-refractivity contribution in [3.63, 3.8) is 0 Å². The van der Waals surface area contributed by atoms with Crippen molar-refractivity contribution in [1.29, 1.82) is 0 Å². The van der Waals surface area contributed by atoms with Crippen LogP contribution in [0, 0.1) is 5.92 Å². The van der Waals surface area contributed by atoms with Crippen LogP contribution in [0.3, 0.4) is 0 Å². The Bertz CT molecular complexity index is 216. The van der Waals surface area contributed by atoms with Crippen LogP contribution in [0.15, 0.2) is 0 Å². The highest BCUT2D eigenvalue weighted by atomic mass is 16.2. The van der Waals surface area contributed by atoms with Gasteiger partial charge in [-0.3, -0.25) is 4.79 Å². The first-order valence-electron chi connectivity index (χ1n) is 6.14. The molecule has 0 aromatic carbocycles. The van der Waals surface area contributed by atoms with Crippen molar-refractivity contribution >= 4 is 5.91 Å². The highest BCUT2D eigenvalue weighted by molar-refractivity contribution is 5.80. The summed E-state index contributed by atoms with van der Waals surface area (Å²) in [6, 6.07) is 0.390. The second kappa shape index (κ2) is 5.50. The zero-order valence-electron chi connectivity index (χ0n) is 10.2. The van der Waals surface area contributed by atoms with Crippen LogP contribution < -0.4 is 5.73 Å². The van der Waals surface area contributed by atoms with Gasteiger partial charge in [0.2, 0.25) is 5.91 Å². The smallest absolute Gasteiger partial charge is 0.227 e. The molecule has 1 fully saturated rings. The van der Waals surface area contributed by atoms with E-state index in [1.165, 1.54) is 0 Å². The minimum absolute atomic E-state index is 0.0824. The Kier molecular flexibility index (Phi) is 4.58. The molecule has 3 heteroatoms. The third kappa shape index (κ3) is 2.94. The Morgan fingerprint density at radius 2 is 2.13 bits per heavy atom. The molecule has 1 saturated carbocycles. The highest BCUT2D eigenvalue weighted by Crippen LogP contribution is 2.26. The van der Waals surface area contributed by atoms with E-state index in [2.05, 4.69) is 20.8 Å². The minimum atomic E-state index is 0.0824. The fourth-order valence-electron chi connectivity index (χ4n) is 2.37. The normalized spacial score (nSPS) is 25.9. The summed E-state index contributed by atoms with van der Waals surface area (Å²) < 4.78 is 0. The summed E-state index contributed by atoms with van der Waals surface area (Å²) in [6.07, 6.45) is 4.11. The molecule has 88 valence electrons. The Morgan fingerprint density at radius 1 is 1.47 bits per heavy atom. The topological polar surface area (TPSA) is 46.3 Å². The zero-order valence-corrected chi connectivity index (χ0v) is 10.2. The molecule has 0 heterocycles. The second-order valence-electron chi connectivity index (χ2n) is 4.83. The van der Waals surface area contributed by atoms with Crippen molar-refractivity contribution in [3.05, 3.63) is 0 Å². The second-order valence-corrected chi connectivity index (χ2v) is 4.83. The molecule has 0 aromatic rings. The summed E-state index contributed by atoms with van der Waals surface area (Å²) in [4.78, 5) is 14.2. The van der Waals surface area contributed by atoms with Crippen LogP contribution in [-0.4, -0.2) is 29.4 Å². The largest absolute Gasteiger partial charge is 0.340 e. The van der Waals surface area contributed by atoms with Crippen molar-refractivity contribution in [1.82, 2.24) is 4.90 Å². The lowest BCUT2D eigenvalue weighted by Crippen LogP contribution is -2.45. The van der Waals surface area contributed by atoms with E-state index in [0.717, 1.165) is 32.2 Å². The van der Waals surface area contributed by atoms with E-state index in [0.29, 0.717) is 6.04 Å². The first-order valence-corrected chi connectivity index (χ1v) is 6.14. The number of carbonyl (C=O) groups is 1. The molecule has 0 saturated heterocycles. The third-order valence-corrected chi connectivity index (χ3v) is 3.26. The van der Waals surface area contributed by atoms with Crippen LogP contribution in [0.5, 0.6) is 0 Å². The van der Waals surface area contributed by atoms with Crippen LogP contribution >= 0.6 is 0 Å².